The van der Waals surface area contributed by atoms with E-state index in [2.05, 4.69) is 32.3 Å². The van der Waals surface area contributed by atoms with Crippen LogP contribution in [0.2, 0.25) is 0 Å². The molecule has 25 heavy (non-hydrogen) atoms. The molecular weight excluding hydrogens is 408 g/mol. The second-order valence-corrected chi connectivity index (χ2v) is 6.76. The number of hydrogen-bond acceptors (Lipinski definition) is 4. The van der Waals surface area contributed by atoms with Crippen LogP contribution in [0.3, 0.4) is 0 Å². The van der Waals surface area contributed by atoms with Gasteiger partial charge in [0, 0.05) is 33.4 Å². The van der Waals surface area contributed by atoms with E-state index in [4.69, 9.17) is 0 Å². The van der Waals surface area contributed by atoms with Crippen molar-refractivity contribution in [2.24, 2.45) is 0 Å². The van der Waals surface area contributed by atoms with Crippen LogP contribution in [-0.2, 0) is 0 Å². The van der Waals surface area contributed by atoms with Crippen molar-refractivity contribution < 1.29 is 8.78 Å². The Labute approximate surface area is 155 Å². The zero-order chi connectivity index (χ0) is 17.8. The maximum Gasteiger partial charge on any atom is 0.160 e. The molecule has 0 amide bonds. The van der Waals surface area contributed by atoms with Crippen LogP contribution in [-0.4, -0.2) is 4.98 Å². The highest BCUT2D eigenvalue weighted by Crippen LogP contribution is 2.27. The Hall–Kier alpha value is -2.56. The molecule has 0 atom stereocenters. The number of halogens is 3. The monoisotopic (exact) mass is 417 g/mol. The van der Waals surface area contributed by atoms with Gasteiger partial charge in [0.15, 0.2) is 11.6 Å². The molecule has 0 aliphatic carbocycles. The van der Waals surface area contributed by atoms with Gasteiger partial charge in [-0.15, -0.1) is 11.3 Å². The fourth-order valence-electron chi connectivity index (χ4n) is 2.03. The van der Waals surface area contributed by atoms with Crippen LogP contribution in [0.4, 0.5) is 14.5 Å². The number of aromatic nitrogens is 1. The van der Waals surface area contributed by atoms with Crippen molar-refractivity contribution >= 4 is 38.5 Å². The van der Waals surface area contributed by atoms with E-state index in [1.807, 2.05) is 29.6 Å². The SMILES string of the molecule is N#C/C(=C/Nc1ccc(F)c(F)c1)c1nc(-c2ccc(Br)cc2)cs1. The lowest BCUT2D eigenvalue weighted by Crippen LogP contribution is -1.93. The van der Waals surface area contributed by atoms with Crippen molar-refractivity contribution in [2.75, 3.05) is 5.32 Å². The number of nitrogens with one attached hydrogen (secondary N) is 1. The molecule has 0 saturated heterocycles. The number of allylic oxidation sites excluding steroid dienone is 1. The molecule has 0 radical (unpaired) electrons. The highest BCUT2D eigenvalue weighted by atomic mass is 79.9. The average molecular weight is 418 g/mol. The number of nitriles is 1. The zero-order valence-corrected chi connectivity index (χ0v) is 15.0. The Bertz CT molecular complexity index is 975. The topological polar surface area (TPSA) is 48.7 Å². The third-order valence-electron chi connectivity index (χ3n) is 3.30. The number of hydrogen-bond donors (Lipinski definition) is 1. The van der Waals surface area contributed by atoms with Crippen molar-refractivity contribution in [3.63, 3.8) is 0 Å². The van der Waals surface area contributed by atoms with Crippen molar-refractivity contribution in [3.05, 3.63) is 75.2 Å². The standard InChI is InChI=1S/C18H10BrF2N3S/c19-13-3-1-11(2-4-13)17-10-25-18(24-17)12(8-22)9-23-14-5-6-15(20)16(21)7-14/h1-7,9-10,23H/b12-9-. The second-order valence-electron chi connectivity index (χ2n) is 4.99. The van der Waals surface area contributed by atoms with E-state index >= 15 is 0 Å². The molecule has 0 unspecified atom stereocenters. The molecule has 1 heterocycles. The first-order valence-corrected chi connectivity index (χ1v) is 8.78. The fourth-order valence-corrected chi connectivity index (χ4v) is 3.09. The van der Waals surface area contributed by atoms with Gasteiger partial charge >= 0.3 is 0 Å². The van der Waals surface area contributed by atoms with Crippen LogP contribution in [0.1, 0.15) is 5.01 Å². The van der Waals surface area contributed by atoms with Gasteiger partial charge in [-0.05, 0) is 24.3 Å². The summed E-state index contributed by atoms with van der Waals surface area (Å²) in [5.41, 5.74) is 2.35. The van der Waals surface area contributed by atoms with Gasteiger partial charge in [-0.25, -0.2) is 13.8 Å². The van der Waals surface area contributed by atoms with E-state index in [1.165, 1.54) is 23.6 Å². The Balaban J connectivity index is 1.82. The van der Waals surface area contributed by atoms with Gasteiger partial charge in [0.1, 0.15) is 16.6 Å². The molecular formula is C18H10BrF2N3S. The molecule has 2 aromatic carbocycles. The third kappa shape index (κ3) is 4.10. The van der Waals surface area contributed by atoms with Crippen LogP contribution in [0.15, 0.2) is 58.5 Å². The lowest BCUT2D eigenvalue weighted by atomic mass is 10.2. The van der Waals surface area contributed by atoms with Gasteiger partial charge in [0.05, 0.1) is 5.69 Å². The van der Waals surface area contributed by atoms with Crippen LogP contribution in [0.25, 0.3) is 16.8 Å². The van der Waals surface area contributed by atoms with Crippen molar-refractivity contribution in [1.82, 2.24) is 4.98 Å². The summed E-state index contributed by atoms with van der Waals surface area (Å²) in [7, 11) is 0. The quantitative estimate of drug-likeness (QED) is 0.543. The Morgan fingerprint density at radius 2 is 1.92 bits per heavy atom. The maximum absolute atomic E-state index is 13.2. The Morgan fingerprint density at radius 1 is 1.16 bits per heavy atom. The van der Waals surface area contributed by atoms with Gasteiger partial charge in [0.25, 0.3) is 0 Å². The molecule has 0 aliphatic rings. The first kappa shape index (κ1) is 17.3. The summed E-state index contributed by atoms with van der Waals surface area (Å²) in [6.45, 7) is 0. The highest BCUT2D eigenvalue weighted by molar-refractivity contribution is 9.10. The van der Waals surface area contributed by atoms with Crippen LogP contribution < -0.4 is 5.32 Å². The summed E-state index contributed by atoms with van der Waals surface area (Å²) in [6, 6.07) is 13.2. The normalized spacial score (nSPS) is 11.2. The lowest BCUT2D eigenvalue weighted by molar-refractivity contribution is 0.509. The maximum atomic E-state index is 13.2. The average Bonchev–Trinajstić information content (AvgIpc) is 3.09. The largest absolute Gasteiger partial charge is 0.360 e. The third-order valence-corrected chi connectivity index (χ3v) is 4.70. The van der Waals surface area contributed by atoms with E-state index in [0.29, 0.717) is 16.3 Å². The summed E-state index contributed by atoms with van der Waals surface area (Å²) >= 11 is 4.72. The number of rotatable bonds is 4. The zero-order valence-electron chi connectivity index (χ0n) is 12.6. The van der Waals surface area contributed by atoms with Gasteiger partial charge < -0.3 is 5.32 Å². The summed E-state index contributed by atoms with van der Waals surface area (Å²) in [5.74, 6) is -1.88. The summed E-state index contributed by atoms with van der Waals surface area (Å²) in [4.78, 5) is 4.46. The molecule has 0 fully saturated rings. The number of thiazole rings is 1. The minimum absolute atomic E-state index is 0.304. The molecule has 1 N–H and O–H groups in total. The molecule has 1 aromatic heterocycles. The second kappa shape index (κ2) is 7.55. The fraction of sp³-hybridized carbons (Fsp3) is 0. The summed E-state index contributed by atoms with van der Waals surface area (Å²) in [5, 5.41) is 14.5. The molecule has 124 valence electrons. The molecule has 3 rings (SSSR count). The van der Waals surface area contributed by atoms with Crippen LogP contribution in [0, 0.1) is 23.0 Å². The molecule has 0 spiro atoms. The van der Waals surface area contributed by atoms with E-state index in [-0.39, 0.29) is 0 Å². The van der Waals surface area contributed by atoms with Crippen LogP contribution >= 0.6 is 27.3 Å². The van der Waals surface area contributed by atoms with Gasteiger partial charge in [-0.1, -0.05) is 28.1 Å². The predicted octanol–water partition coefficient (Wildman–Crippen LogP) is 5.83. The first-order valence-electron chi connectivity index (χ1n) is 7.10. The minimum Gasteiger partial charge on any atom is -0.360 e. The molecule has 0 bridgehead atoms. The minimum atomic E-state index is -0.955. The van der Waals surface area contributed by atoms with Gasteiger partial charge in [-0.3, -0.25) is 0 Å². The van der Waals surface area contributed by atoms with E-state index in [1.54, 1.807) is 0 Å². The van der Waals surface area contributed by atoms with E-state index in [9.17, 15) is 14.0 Å². The molecule has 0 aliphatic heterocycles. The Kier molecular flexibility index (Phi) is 5.22. The van der Waals surface area contributed by atoms with Crippen LogP contribution in [0.5, 0.6) is 0 Å². The first-order chi connectivity index (χ1) is 12.1. The molecule has 0 saturated carbocycles. The van der Waals surface area contributed by atoms with Crippen molar-refractivity contribution in [3.8, 4) is 17.3 Å². The highest BCUT2D eigenvalue weighted by Gasteiger charge is 2.09. The number of anilines is 1. The summed E-state index contributed by atoms with van der Waals surface area (Å²) < 4.78 is 27.1. The number of benzene rings is 2. The predicted molar refractivity (Wildman–Crippen MR) is 98.8 cm³/mol. The lowest BCUT2D eigenvalue weighted by Gasteiger charge is -2.02. The summed E-state index contributed by atoms with van der Waals surface area (Å²) in [6.07, 6.45) is 1.43. The van der Waals surface area contributed by atoms with Crippen molar-refractivity contribution in [2.45, 2.75) is 0 Å². The van der Waals surface area contributed by atoms with Gasteiger partial charge in [-0.2, -0.15) is 5.26 Å². The van der Waals surface area contributed by atoms with Gasteiger partial charge in [0.2, 0.25) is 0 Å². The van der Waals surface area contributed by atoms with E-state index < -0.39 is 11.6 Å². The van der Waals surface area contributed by atoms with Crippen molar-refractivity contribution in [1.29, 1.82) is 5.26 Å². The number of nitrogens with zero attached hydrogens (tertiary/aromatic N) is 2. The molecule has 3 aromatic rings. The smallest absolute Gasteiger partial charge is 0.160 e. The Morgan fingerprint density at radius 3 is 2.60 bits per heavy atom. The van der Waals surface area contributed by atoms with E-state index in [0.717, 1.165) is 27.9 Å². The molecule has 3 nitrogen and oxygen atoms in total. The molecule has 7 heteroatoms.